The van der Waals surface area contributed by atoms with E-state index in [0.717, 1.165) is 138 Å². The number of furan rings is 4. The number of hydrogen-bond acceptors (Lipinski definition) is 4. The molecule has 147 heavy (non-hydrogen) atoms. The topological polar surface area (TPSA) is 52.6 Å². The molecule has 0 radical (unpaired) electrons. The minimum atomic E-state index is -0.0622. The maximum Gasteiger partial charge on any atom is 0.136 e. The first-order valence-corrected chi connectivity index (χ1v) is 50.5. The van der Waals surface area contributed by atoms with Crippen LogP contribution in [0.15, 0.2) is 539 Å². The fourth-order valence-corrected chi connectivity index (χ4v) is 22.8. The summed E-state index contributed by atoms with van der Waals surface area (Å²) in [4.78, 5) is 0. The molecule has 1 aliphatic rings. The Morgan fingerprint density at radius 3 is 0.707 bits per heavy atom. The predicted molar refractivity (Wildman–Crippen MR) is 619 cm³/mol. The summed E-state index contributed by atoms with van der Waals surface area (Å²) in [6, 6.07) is 189. The van der Waals surface area contributed by atoms with E-state index in [1.54, 1.807) is 0 Å². The molecule has 0 fully saturated rings. The summed E-state index contributed by atoms with van der Waals surface area (Å²) in [5.74, 6) is 0. The molecule has 29 aromatic rings. The van der Waals surface area contributed by atoms with Crippen LogP contribution in [-0.4, -0.2) is 0 Å². The maximum atomic E-state index is 6.33. The van der Waals surface area contributed by atoms with Crippen molar-refractivity contribution in [3.8, 4) is 145 Å². The van der Waals surface area contributed by atoms with E-state index in [1.165, 1.54) is 160 Å². The van der Waals surface area contributed by atoms with Gasteiger partial charge in [0.15, 0.2) is 0 Å². The van der Waals surface area contributed by atoms with Crippen LogP contribution in [0.4, 0.5) is 0 Å². The van der Waals surface area contributed by atoms with E-state index in [1.807, 2.05) is 48.5 Å². The predicted octanol–water partition coefficient (Wildman–Crippen LogP) is 40.7. The van der Waals surface area contributed by atoms with Crippen LogP contribution in [0.1, 0.15) is 25.0 Å². The lowest BCUT2D eigenvalue weighted by Gasteiger charge is -2.22. The zero-order valence-corrected chi connectivity index (χ0v) is 80.8. The number of rotatable bonds is 12. The van der Waals surface area contributed by atoms with E-state index in [9.17, 15) is 0 Å². The van der Waals surface area contributed by atoms with Gasteiger partial charge in [-0.2, -0.15) is 0 Å². The first kappa shape index (κ1) is 85.9. The smallest absolute Gasteiger partial charge is 0.136 e. The van der Waals surface area contributed by atoms with Crippen LogP contribution in [0, 0.1) is 0 Å². The molecule has 0 spiro atoms. The van der Waals surface area contributed by atoms with Gasteiger partial charge in [0.1, 0.15) is 44.7 Å². The standard InChI is InChI=1S/C49H34O.C48H30O.C46H28O2/c1-49(2)45-13-7-5-11-41(45)42-23-21-36(29-46(42)49)39-26-38(33-17-15-32(16-18-33)35-20-19-31-9-3-4-10-34(31)25-35)27-40(28-39)37-22-24-44-43-12-6-8-14-47(43)50-48(44)30-37;1-2-10-34-25-35(22-21-31(34)9-1)32-17-19-33(20-18-32)38-26-39(36-23-24-45-44-15-7-8-16-47(44)49-48(45)30-36)28-40(27-38)46-29-37-11-3-4-12-41(37)42-13-5-6-14-43(42)46;1-2-8-32-23-33(18-17-29(32)7-1)30-13-15-31(16-14-30)36-24-37(34-19-21-41-39-9-3-5-11-43(39)47-45(41)27-34)26-38(25-36)35-20-22-42-40-10-4-6-12-44(40)48-46(42)28-35/h3-30H,1-2H3;1-30H;1-28H. The summed E-state index contributed by atoms with van der Waals surface area (Å²) in [5, 5.41) is 21.7. The fraction of sp³-hybridized carbons (Fsp3) is 0.0210. The summed E-state index contributed by atoms with van der Waals surface area (Å²) < 4.78 is 25.2. The van der Waals surface area contributed by atoms with Crippen LogP contribution >= 0.6 is 0 Å². The third-order valence-corrected chi connectivity index (χ3v) is 30.5. The highest BCUT2D eigenvalue weighted by molar-refractivity contribution is 6.16. The highest BCUT2D eigenvalue weighted by atomic mass is 16.3. The number of benzene rings is 25. The van der Waals surface area contributed by atoms with Crippen LogP contribution in [0.2, 0.25) is 0 Å². The zero-order valence-electron chi connectivity index (χ0n) is 80.8. The molecule has 1 aliphatic carbocycles. The number of para-hydroxylation sites is 4. The van der Waals surface area contributed by atoms with Crippen LogP contribution in [-0.2, 0) is 5.41 Å². The van der Waals surface area contributed by atoms with Gasteiger partial charge in [-0.05, 0) is 367 Å². The van der Waals surface area contributed by atoms with Gasteiger partial charge in [0, 0.05) is 48.5 Å². The monoisotopic (exact) mass is 1870 g/mol. The average Bonchev–Trinajstić information content (AvgIpc) is 1.54. The van der Waals surface area contributed by atoms with Crippen molar-refractivity contribution < 1.29 is 17.7 Å². The summed E-state index contributed by atoms with van der Waals surface area (Å²) in [5.41, 5.74) is 40.9. The van der Waals surface area contributed by atoms with E-state index in [-0.39, 0.29) is 5.41 Å². The summed E-state index contributed by atoms with van der Waals surface area (Å²) in [6.07, 6.45) is 0. The van der Waals surface area contributed by atoms with Crippen molar-refractivity contribution >= 4 is 142 Å². The van der Waals surface area contributed by atoms with Crippen molar-refractivity contribution in [1.29, 1.82) is 0 Å². The first-order valence-electron chi connectivity index (χ1n) is 50.5. The molecule has 30 rings (SSSR count). The van der Waals surface area contributed by atoms with Crippen molar-refractivity contribution in [3.05, 3.63) is 533 Å². The third-order valence-electron chi connectivity index (χ3n) is 30.5. The molecule has 4 heteroatoms. The van der Waals surface area contributed by atoms with Gasteiger partial charge >= 0.3 is 0 Å². The van der Waals surface area contributed by atoms with Crippen LogP contribution in [0.3, 0.4) is 0 Å². The van der Waals surface area contributed by atoms with Crippen LogP contribution in [0.5, 0.6) is 0 Å². The molecule has 0 aliphatic heterocycles. The molecule has 0 saturated heterocycles. The van der Waals surface area contributed by atoms with Gasteiger partial charge in [-0.3, -0.25) is 0 Å². The van der Waals surface area contributed by atoms with Gasteiger partial charge in [-0.15, -0.1) is 0 Å². The highest BCUT2D eigenvalue weighted by Crippen LogP contribution is 2.52. The maximum absolute atomic E-state index is 6.33. The van der Waals surface area contributed by atoms with E-state index in [2.05, 4.69) is 487 Å². The zero-order chi connectivity index (χ0) is 97.3. The van der Waals surface area contributed by atoms with Crippen molar-refractivity contribution in [3.63, 3.8) is 0 Å². The highest BCUT2D eigenvalue weighted by Gasteiger charge is 2.36. The van der Waals surface area contributed by atoms with Gasteiger partial charge in [-0.25, -0.2) is 0 Å². The molecule has 0 unspecified atom stereocenters. The Morgan fingerprint density at radius 1 is 0.116 bits per heavy atom. The lowest BCUT2D eigenvalue weighted by Crippen LogP contribution is -2.14. The van der Waals surface area contributed by atoms with Gasteiger partial charge < -0.3 is 17.7 Å². The summed E-state index contributed by atoms with van der Waals surface area (Å²) in [7, 11) is 0. The Balaban J connectivity index is 0.000000107. The molecule has 0 atom stereocenters. The molecule has 0 N–H and O–H groups in total. The van der Waals surface area contributed by atoms with E-state index in [0.29, 0.717) is 0 Å². The molecule has 25 aromatic carbocycles. The molecule has 0 saturated carbocycles. The number of fused-ring (bicyclic) bond motifs is 21. The molecule has 4 heterocycles. The minimum Gasteiger partial charge on any atom is -0.456 e. The molecule has 4 nitrogen and oxygen atoms in total. The third kappa shape index (κ3) is 15.6. The van der Waals surface area contributed by atoms with Crippen molar-refractivity contribution in [2.24, 2.45) is 0 Å². The Hall–Kier alpha value is -19.0. The molecule has 688 valence electrons. The van der Waals surface area contributed by atoms with Gasteiger partial charge in [0.05, 0.1) is 0 Å². The lowest BCUT2D eigenvalue weighted by atomic mass is 9.81. The number of hydrogen-bond donors (Lipinski definition) is 0. The van der Waals surface area contributed by atoms with Gasteiger partial charge in [0.25, 0.3) is 0 Å². The largest absolute Gasteiger partial charge is 0.456 e. The molecular formula is C143H92O4. The van der Waals surface area contributed by atoms with Crippen LogP contribution < -0.4 is 0 Å². The quantitative estimate of drug-likeness (QED) is 0.114. The Kier molecular flexibility index (Phi) is 20.6. The molecular weight excluding hydrogens is 1780 g/mol. The van der Waals surface area contributed by atoms with E-state index in [4.69, 9.17) is 17.7 Å². The Bertz CT molecular complexity index is 10200. The molecule has 0 bridgehead atoms. The second-order valence-electron chi connectivity index (χ2n) is 39.7. The lowest BCUT2D eigenvalue weighted by molar-refractivity contribution is 0.660. The van der Waals surface area contributed by atoms with Crippen molar-refractivity contribution in [2.45, 2.75) is 19.3 Å². The Morgan fingerprint density at radius 2 is 0.347 bits per heavy atom. The second-order valence-corrected chi connectivity index (χ2v) is 39.7. The molecule has 4 aromatic heterocycles. The van der Waals surface area contributed by atoms with Crippen LogP contribution in [0.25, 0.3) is 286 Å². The first-order chi connectivity index (χ1) is 72.5. The normalized spacial score (nSPS) is 12.2. The van der Waals surface area contributed by atoms with Gasteiger partial charge in [0.2, 0.25) is 0 Å². The minimum absolute atomic E-state index is 0.0622. The van der Waals surface area contributed by atoms with Crippen molar-refractivity contribution in [2.75, 3.05) is 0 Å². The van der Waals surface area contributed by atoms with E-state index < -0.39 is 0 Å². The summed E-state index contributed by atoms with van der Waals surface area (Å²) in [6.45, 7) is 4.70. The second kappa shape index (κ2) is 35.3. The van der Waals surface area contributed by atoms with Gasteiger partial charge in [-0.1, -0.05) is 378 Å². The summed E-state index contributed by atoms with van der Waals surface area (Å²) >= 11 is 0. The average molecular weight is 1870 g/mol. The molecule has 0 amide bonds. The van der Waals surface area contributed by atoms with Crippen molar-refractivity contribution in [1.82, 2.24) is 0 Å². The Labute approximate surface area is 849 Å². The SMILES string of the molecule is CC1(C)c2ccccc2-c2ccc(-c3cc(-c4ccc(-c5ccc6ccccc6c5)cc4)cc(-c4ccc5c(c4)oc4ccccc45)c3)cc21.c1ccc2cc(-c3ccc(-c4cc(-c5ccc6c(c5)oc5ccccc56)cc(-c5cc6ccccc6c6ccccc56)c4)cc3)ccc2c1.c1ccc2cc(-c3ccc(-c4cc(-c5ccc6c(c5)oc5ccccc56)cc(-c5ccc6c(c5)oc5ccccc56)c4)cc3)ccc2c1. The van der Waals surface area contributed by atoms with E-state index >= 15 is 0 Å². The fourth-order valence-electron chi connectivity index (χ4n) is 22.8.